The van der Waals surface area contributed by atoms with Gasteiger partial charge in [-0.15, -0.1) is 11.7 Å². The first-order valence-corrected chi connectivity index (χ1v) is 3.75. The van der Waals surface area contributed by atoms with Gasteiger partial charge in [-0.25, -0.2) is 0 Å². The smallest absolute Gasteiger partial charge is 0.282 e. The minimum Gasteiger partial charge on any atom is -0.282 e. The van der Waals surface area contributed by atoms with E-state index in [0.29, 0.717) is 12.4 Å². The Labute approximate surface area is 68.3 Å². The summed E-state index contributed by atoms with van der Waals surface area (Å²) < 4.78 is 3.61. The van der Waals surface area contributed by atoms with Crippen molar-refractivity contribution in [3.05, 3.63) is 18.0 Å². The van der Waals surface area contributed by atoms with Crippen LogP contribution in [-0.2, 0) is 4.79 Å². The molecule has 1 aromatic heterocycles. The van der Waals surface area contributed by atoms with Gasteiger partial charge in [-0.3, -0.25) is 9.69 Å². The predicted octanol–water partition coefficient (Wildman–Crippen LogP) is 0.598. The van der Waals surface area contributed by atoms with E-state index in [1.807, 2.05) is 0 Å². The second-order valence-electron chi connectivity index (χ2n) is 1.75. The fraction of sp³-hybridized carbons (Fsp3) is 0.167. The largest absolute Gasteiger partial charge is 0.318 e. The van der Waals surface area contributed by atoms with Gasteiger partial charge >= 0.3 is 6.41 Å². The lowest BCUT2D eigenvalue weighted by molar-refractivity contribution is 0.552. The highest BCUT2D eigenvalue weighted by Crippen LogP contribution is 2.08. The van der Waals surface area contributed by atoms with Gasteiger partial charge in [0.2, 0.25) is 0 Å². The molecule has 11 heavy (non-hydrogen) atoms. The number of nitrogens with zero attached hydrogens (tertiary/aromatic N) is 3. The lowest BCUT2D eigenvalue weighted by Gasteiger charge is -2.07. The minimum absolute atomic E-state index is 0.412. The Kier molecular flexibility index (Phi) is 2.74. The zero-order valence-electron chi connectivity index (χ0n) is 5.73. The molecule has 1 aromatic rings. The maximum absolute atomic E-state index is 10.3. The second kappa shape index (κ2) is 3.82. The Morgan fingerprint density at radius 3 is 3.18 bits per heavy atom. The van der Waals surface area contributed by atoms with Gasteiger partial charge in [-0.2, -0.15) is 0 Å². The monoisotopic (exact) mass is 168 g/mol. The maximum Gasteiger partial charge on any atom is 0.318 e. The van der Waals surface area contributed by atoms with Gasteiger partial charge in [-0.05, 0) is 11.5 Å². The predicted molar refractivity (Wildman–Crippen MR) is 43.1 cm³/mol. The summed E-state index contributed by atoms with van der Waals surface area (Å²) in [5.74, 6) is 0.518. The van der Waals surface area contributed by atoms with Crippen molar-refractivity contribution in [2.45, 2.75) is 0 Å². The summed E-state index contributed by atoms with van der Waals surface area (Å²) in [6, 6.07) is 0. The molecule has 0 spiro atoms. The molecular formula is C6H6N3OS. The quantitative estimate of drug-likeness (QED) is 0.488. The molecule has 0 bridgehead atoms. The van der Waals surface area contributed by atoms with Crippen LogP contribution < -0.4 is 4.90 Å². The highest BCUT2D eigenvalue weighted by atomic mass is 32.1. The van der Waals surface area contributed by atoms with E-state index in [2.05, 4.69) is 16.2 Å². The second-order valence-corrected chi connectivity index (χ2v) is 2.36. The van der Waals surface area contributed by atoms with Crippen LogP contribution in [0.4, 0.5) is 5.82 Å². The Morgan fingerprint density at radius 2 is 2.73 bits per heavy atom. The molecule has 0 fully saturated rings. The van der Waals surface area contributed by atoms with E-state index < -0.39 is 0 Å². The minimum atomic E-state index is 0.412. The average Bonchev–Trinajstić information content (AvgIpc) is 2.52. The number of carbonyl (C=O) groups excluding carboxylic acids is 1. The van der Waals surface area contributed by atoms with Gasteiger partial charge < -0.3 is 0 Å². The van der Waals surface area contributed by atoms with E-state index in [1.54, 1.807) is 17.9 Å². The first-order chi connectivity index (χ1) is 5.38. The summed E-state index contributed by atoms with van der Waals surface area (Å²) in [6.45, 7) is 3.90. The SMILES string of the molecule is C=CCN([C]=O)c1csnn1. The van der Waals surface area contributed by atoms with Gasteiger partial charge in [-0.1, -0.05) is 10.6 Å². The molecule has 0 aliphatic carbocycles. The maximum atomic E-state index is 10.3. The molecule has 0 aromatic carbocycles. The molecule has 0 N–H and O–H groups in total. The molecule has 0 aliphatic rings. The van der Waals surface area contributed by atoms with Crippen LogP contribution in [0.3, 0.4) is 0 Å². The number of amides is 1. The molecule has 1 amide bonds. The van der Waals surface area contributed by atoms with E-state index in [4.69, 9.17) is 0 Å². The molecule has 0 aliphatic heterocycles. The molecule has 0 saturated heterocycles. The third-order valence-electron chi connectivity index (χ3n) is 1.05. The summed E-state index contributed by atoms with van der Waals surface area (Å²) in [5, 5.41) is 5.37. The summed E-state index contributed by atoms with van der Waals surface area (Å²) in [6.07, 6.45) is 3.32. The summed E-state index contributed by atoms with van der Waals surface area (Å²) in [7, 11) is 0. The van der Waals surface area contributed by atoms with Crippen molar-refractivity contribution in [1.82, 2.24) is 9.59 Å². The summed E-state index contributed by atoms with van der Waals surface area (Å²) in [4.78, 5) is 11.6. The first-order valence-electron chi connectivity index (χ1n) is 2.91. The molecule has 0 unspecified atom stereocenters. The molecule has 4 nitrogen and oxygen atoms in total. The van der Waals surface area contributed by atoms with E-state index in [-0.39, 0.29) is 0 Å². The Bertz CT molecular complexity index is 234. The first kappa shape index (κ1) is 7.87. The fourth-order valence-corrected chi connectivity index (χ4v) is 1.03. The van der Waals surface area contributed by atoms with Crippen LogP contribution in [-0.4, -0.2) is 22.5 Å². The Morgan fingerprint density at radius 1 is 1.91 bits per heavy atom. The van der Waals surface area contributed by atoms with Crippen molar-refractivity contribution < 1.29 is 4.79 Å². The third-order valence-corrected chi connectivity index (χ3v) is 1.54. The van der Waals surface area contributed by atoms with Crippen LogP contribution in [0.5, 0.6) is 0 Å². The van der Waals surface area contributed by atoms with Crippen LogP contribution in [0.15, 0.2) is 18.0 Å². The van der Waals surface area contributed by atoms with Gasteiger partial charge in [0, 0.05) is 6.54 Å². The Balaban J connectivity index is 2.70. The van der Waals surface area contributed by atoms with Gasteiger partial charge in [0.15, 0.2) is 5.82 Å². The lowest BCUT2D eigenvalue weighted by Crippen LogP contribution is -2.20. The molecule has 0 atom stereocenters. The van der Waals surface area contributed by atoms with Gasteiger partial charge in [0.1, 0.15) is 0 Å². The van der Waals surface area contributed by atoms with Crippen molar-refractivity contribution in [2.24, 2.45) is 0 Å². The van der Waals surface area contributed by atoms with Gasteiger partial charge in [0.25, 0.3) is 0 Å². The van der Waals surface area contributed by atoms with E-state index >= 15 is 0 Å². The number of anilines is 1. The Hall–Kier alpha value is -1.23. The number of aromatic nitrogens is 2. The molecule has 57 valence electrons. The molecule has 1 radical (unpaired) electrons. The van der Waals surface area contributed by atoms with Crippen molar-refractivity contribution in [1.29, 1.82) is 0 Å². The molecule has 5 heteroatoms. The van der Waals surface area contributed by atoms with Crippen molar-refractivity contribution >= 4 is 23.8 Å². The summed E-state index contributed by atoms with van der Waals surface area (Å²) in [5.41, 5.74) is 0. The normalized spacial score (nSPS) is 9.09. The van der Waals surface area contributed by atoms with Crippen molar-refractivity contribution in [2.75, 3.05) is 11.4 Å². The molecule has 1 heterocycles. The number of hydrogen-bond acceptors (Lipinski definition) is 4. The van der Waals surface area contributed by atoms with Crippen LogP contribution >= 0.6 is 11.5 Å². The van der Waals surface area contributed by atoms with Gasteiger partial charge in [0.05, 0.1) is 5.38 Å². The number of hydrogen-bond donors (Lipinski definition) is 0. The zero-order chi connectivity index (χ0) is 8.10. The van der Waals surface area contributed by atoms with Crippen molar-refractivity contribution in [3.63, 3.8) is 0 Å². The third kappa shape index (κ3) is 1.84. The van der Waals surface area contributed by atoms with E-state index in [1.165, 1.54) is 16.4 Å². The highest BCUT2D eigenvalue weighted by molar-refractivity contribution is 7.03. The van der Waals surface area contributed by atoms with Crippen LogP contribution in [0, 0.1) is 0 Å². The fourth-order valence-electron chi connectivity index (χ4n) is 0.584. The molecule has 0 saturated carbocycles. The molecular weight excluding hydrogens is 162 g/mol. The van der Waals surface area contributed by atoms with Crippen molar-refractivity contribution in [3.8, 4) is 0 Å². The number of rotatable bonds is 4. The molecule has 1 rings (SSSR count). The summed E-state index contributed by atoms with van der Waals surface area (Å²) >= 11 is 1.19. The zero-order valence-corrected chi connectivity index (χ0v) is 6.54. The standard InChI is InChI=1S/C6H6N3OS/c1-2-3-9(5-10)6-4-11-8-7-6/h2,4H,1,3H2. The van der Waals surface area contributed by atoms with E-state index in [0.717, 1.165) is 0 Å². The van der Waals surface area contributed by atoms with Crippen LogP contribution in [0.2, 0.25) is 0 Å². The van der Waals surface area contributed by atoms with E-state index in [9.17, 15) is 4.79 Å². The topological polar surface area (TPSA) is 46.1 Å². The van der Waals surface area contributed by atoms with Crippen LogP contribution in [0.1, 0.15) is 0 Å². The average molecular weight is 168 g/mol. The lowest BCUT2D eigenvalue weighted by atomic mass is 10.5. The highest BCUT2D eigenvalue weighted by Gasteiger charge is 2.05. The van der Waals surface area contributed by atoms with Crippen LogP contribution in [0.25, 0.3) is 0 Å².